The van der Waals surface area contributed by atoms with Crippen LogP contribution < -0.4 is 10.1 Å². The van der Waals surface area contributed by atoms with E-state index in [1.54, 1.807) is 7.11 Å². The van der Waals surface area contributed by atoms with Gasteiger partial charge in [-0.3, -0.25) is 0 Å². The lowest BCUT2D eigenvalue weighted by Gasteiger charge is -2.20. The average Bonchev–Trinajstić information content (AvgIpc) is 2.44. The second kappa shape index (κ2) is 8.41. The Hall–Kier alpha value is -2.04. The average molecular weight is 307 g/mol. The summed E-state index contributed by atoms with van der Waals surface area (Å²) in [7, 11) is 1.61. The summed E-state index contributed by atoms with van der Waals surface area (Å²) in [5.41, 5.74) is 0.517. The zero-order chi connectivity index (χ0) is 16.6. The van der Waals surface area contributed by atoms with E-state index in [1.807, 2.05) is 45.0 Å². The second-order valence-corrected chi connectivity index (χ2v) is 6.17. The van der Waals surface area contributed by atoms with Gasteiger partial charge in [-0.05, 0) is 51.3 Å². The van der Waals surface area contributed by atoms with Gasteiger partial charge in [-0.25, -0.2) is 4.79 Å². The van der Waals surface area contributed by atoms with Crippen LogP contribution in [0, 0.1) is 5.92 Å². The zero-order valence-corrected chi connectivity index (χ0v) is 13.7. The van der Waals surface area contributed by atoms with Crippen molar-refractivity contribution in [2.45, 2.75) is 39.2 Å². The number of rotatable bonds is 7. The van der Waals surface area contributed by atoms with Gasteiger partial charge in [-0.15, -0.1) is 0 Å². The molecule has 1 atom stereocenters. The van der Waals surface area contributed by atoms with E-state index in [-0.39, 0.29) is 5.92 Å². The fourth-order valence-corrected chi connectivity index (χ4v) is 1.99. The normalized spacial score (nSPS) is 12.4. The van der Waals surface area contributed by atoms with Crippen LogP contribution in [0.2, 0.25) is 0 Å². The molecular formula is C17H25NO4. The third-order valence-corrected chi connectivity index (χ3v) is 3.01. The van der Waals surface area contributed by atoms with Crippen molar-refractivity contribution in [2.75, 3.05) is 13.7 Å². The molecule has 1 rings (SSSR count). The largest absolute Gasteiger partial charge is 0.497 e. The van der Waals surface area contributed by atoms with E-state index in [2.05, 4.69) is 5.32 Å². The number of nitrogens with one attached hydrogen (secondary N) is 1. The molecule has 0 fully saturated rings. The van der Waals surface area contributed by atoms with Gasteiger partial charge < -0.3 is 19.6 Å². The number of alkyl carbamates (subject to hydrolysis) is 1. The third kappa shape index (κ3) is 7.11. The van der Waals surface area contributed by atoms with Crippen LogP contribution in [0.25, 0.3) is 0 Å². The Kier molecular flexibility index (Phi) is 6.89. The molecule has 0 aliphatic carbocycles. The van der Waals surface area contributed by atoms with Crippen molar-refractivity contribution in [1.82, 2.24) is 5.32 Å². The molecule has 0 saturated carbocycles. The van der Waals surface area contributed by atoms with Gasteiger partial charge >= 0.3 is 6.09 Å². The molecule has 1 N–H and O–H groups in total. The summed E-state index contributed by atoms with van der Waals surface area (Å²) in [6.07, 6.45) is 1.66. The molecule has 5 nitrogen and oxygen atoms in total. The number of hydrogen-bond acceptors (Lipinski definition) is 4. The predicted octanol–water partition coefficient (Wildman–Crippen LogP) is 2.97. The highest BCUT2D eigenvalue weighted by molar-refractivity contribution is 5.67. The van der Waals surface area contributed by atoms with Crippen LogP contribution in [0.15, 0.2) is 24.3 Å². The Morgan fingerprint density at radius 1 is 1.36 bits per heavy atom. The second-order valence-electron chi connectivity index (χ2n) is 6.17. The van der Waals surface area contributed by atoms with Crippen molar-refractivity contribution < 1.29 is 19.1 Å². The van der Waals surface area contributed by atoms with E-state index in [0.29, 0.717) is 19.4 Å². The van der Waals surface area contributed by atoms with Gasteiger partial charge in [-0.2, -0.15) is 0 Å². The predicted molar refractivity (Wildman–Crippen MR) is 85.1 cm³/mol. The number of ether oxygens (including phenoxy) is 2. The fraction of sp³-hybridized carbons (Fsp3) is 0.529. The molecule has 22 heavy (non-hydrogen) atoms. The quantitative estimate of drug-likeness (QED) is 0.787. The summed E-state index contributed by atoms with van der Waals surface area (Å²) in [4.78, 5) is 22.7. The molecule has 0 saturated heterocycles. The van der Waals surface area contributed by atoms with Gasteiger partial charge in [0, 0.05) is 12.5 Å². The van der Waals surface area contributed by atoms with E-state index in [9.17, 15) is 9.59 Å². The molecule has 122 valence electrons. The lowest BCUT2D eigenvalue weighted by atomic mass is 9.97. The summed E-state index contributed by atoms with van der Waals surface area (Å²) < 4.78 is 10.3. The van der Waals surface area contributed by atoms with Gasteiger partial charge in [0.2, 0.25) is 0 Å². The number of carbonyl (C=O) groups excluding carboxylic acids is 2. The summed E-state index contributed by atoms with van der Waals surface area (Å²) >= 11 is 0. The molecule has 0 spiro atoms. The fourth-order valence-electron chi connectivity index (χ4n) is 1.99. The number of amides is 1. The summed E-state index contributed by atoms with van der Waals surface area (Å²) in [6.45, 7) is 5.83. The van der Waals surface area contributed by atoms with Gasteiger partial charge in [0.05, 0.1) is 7.11 Å². The summed E-state index contributed by atoms with van der Waals surface area (Å²) in [5.74, 6) is 0.621. The molecule has 0 aliphatic heterocycles. The Balaban J connectivity index is 2.42. The van der Waals surface area contributed by atoms with Crippen LogP contribution in [0.3, 0.4) is 0 Å². The van der Waals surface area contributed by atoms with Crippen molar-refractivity contribution in [3.05, 3.63) is 29.8 Å². The van der Waals surface area contributed by atoms with Crippen LogP contribution in [0.1, 0.15) is 32.8 Å². The summed E-state index contributed by atoms with van der Waals surface area (Å²) in [6, 6.07) is 7.64. The lowest BCUT2D eigenvalue weighted by Crippen LogP contribution is -2.33. The SMILES string of the molecule is COc1cccc(CC(C=O)CCNC(=O)OC(C)(C)C)c1. The minimum Gasteiger partial charge on any atom is -0.497 e. The first kappa shape index (κ1) is 18.0. The number of hydrogen-bond donors (Lipinski definition) is 1. The molecule has 0 radical (unpaired) electrons. The first-order valence-electron chi connectivity index (χ1n) is 7.39. The smallest absolute Gasteiger partial charge is 0.407 e. The molecule has 5 heteroatoms. The first-order valence-corrected chi connectivity index (χ1v) is 7.39. The van der Waals surface area contributed by atoms with Crippen LogP contribution in [0.5, 0.6) is 5.75 Å². The molecule has 1 amide bonds. The maximum atomic E-state index is 11.5. The Labute approximate surface area is 132 Å². The Bertz CT molecular complexity index is 494. The Morgan fingerprint density at radius 2 is 2.09 bits per heavy atom. The highest BCUT2D eigenvalue weighted by atomic mass is 16.6. The van der Waals surface area contributed by atoms with Crippen LogP contribution >= 0.6 is 0 Å². The van der Waals surface area contributed by atoms with Crippen LogP contribution in [0.4, 0.5) is 4.79 Å². The molecule has 1 aromatic rings. The van der Waals surface area contributed by atoms with Gasteiger partial charge in [-0.1, -0.05) is 12.1 Å². The van der Waals surface area contributed by atoms with Crippen molar-refractivity contribution in [1.29, 1.82) is 0 Å². The van der Waals surface area contributed by atoms with E-state index < -0.39 is 11.7 Å². The molecule has 0 heterocycles. The maximum absolute atomic E-state index is 11.5. The van der Waals surface area contributed by atoms with E-state index in [0.717, 1.165) is 17.6 Å². The molecule has 1 aromatic carbocycles. The number of methoxy groups -OCH3 is 1. The topological polar surface area (TPSA) is 64.6 Å². The first-order chi connectivity index (χ1) is 10.3. The van der Waals surface area contributed by atoms with Crippen molar-refractivity contribution in [3.63, 3.8) is 0 Å². The minimum absolute atomic E-state index is 0.151. The van der Waals surface area contributed by atoms with Crippen molar-refractivity contribution >= 4 is 12.4 Å². The van der Waals surface area contributed by atoms with E-state index >= 15 is 0 Å². The molecule has 0 bridgehead atoms. The Morgan fingerprint density at radius 3 is 2.68 bits per heavy atom. The van der Waals surface area contributed by atoms with Crippen LogP contribution in [-0.2, 0) is 16.0 Å². The van der Waals surface area contributed by atoms with E-state index in [4.69, 9.17) is 9.47 Å². The highest BCUT2D eigenvalue weighted by Gasteiger charge is 2.16. The highest BCUT2D eigenvalue weighted by Crippen LogP contribution is 2.16. The molecule has 1 unspecified atom stereocenters. The standard InChI is InChI=1S/C17H25NO4/c1-17(2,3)22-16(20)18-9-8-14(12-19)10-13-6-5-7-15(11-13)21-4/h5-7,11-12,14H,8-10H2,1-4H3,(H,18,20). The lowest BCUT2D eigenvalue weighted by molar-refractivity contribution is -0.111. The maximum Gasteiger partial charge on any atom is 0.407 e. The van der Waals surface area contributed by atoms with Crippen molar-refractivity contribution in [3.8, 4) is 5.75 Å². The third-order valence-electron chi connectivity index (χ3n) is 3.01. The monoisotopic (exact) mass is 307 g/mol. The number of benzene rings is 1. The van der Waals surface area contributed by atoms with E-state index in [1.165, 1.54) is 0 Å². The molecular weight excluding hydrogens is 282 g/mol. The summed E-state index contributed by atoms with van der Waals surface area (Å²) in [5, 5.41) is 2.67. The van der Waals surface area contributed by atoms with Gasteiger partial charge in [0.15, 0.2) is 0 Å². The molecule has 0 aliphatic rings. The van der Waals surface area contributed by atoms with Crippen LogP contribution in [-0.4, -0.2) is 31.6 Å². The van der Waals surface area contributed by atoms with Gasteiger partial charge in [0.1, 0.15) is 17.6 Å². The minimum atomic E-state index is -0.519. The van der Waals surface area contributed by atoms with Crippen molar-refractivity contribution in [2.24, 2.45) is 5.92 Å². The number of carbonyl (C=O) groups is 2. The zero-order valence-electron chi connectivity index (χ0n) is 13.7. The van der Waals surface area contributed by atoms with Gasteiger partial charge in [0.25, 0.3) is 0 Å². The molecule has 0 aromatic heterocycles. The number of aldehydes is 1.